The second kappa shape index (κ2) is 6.07. The molecule has 0 radical (unpaired) electrons. The minimum Gasteiger partial charge on any atom is -0.425 e. The SMILES string of the molecule is Cc1ccc(CCc2nn(C)cc2B2CC(C)(C)C(C)(C)O2)cc1. The van der Waals surface area contributed by atoms with Crippen molar-refractivity contribution in [2.45, 2.75) is 59.4 Å². The van der Waals surface area contributed by atoms with Crippen LogP contribution in [0.2, 0.25) is 6.32 Å². The molecule has 1 aliphatic rings. The van der Waals surface area contributed by atoms with Crippen LogP contribution in [0.25, 0.3) is 0 Å². The van der Waals surface area contributed by atoms with Crippen LogP contribution in [0.15, 0.2) is 30.5 Å². The summed E-state index contributed by atoms with van der Waals surface area (Å²) in [6.07, 6.45) is 5.17. The van der Waals surface area contributed by atoms with Crippen LogP contribution in [-0.2, 0) is 24.5 Å². The molecule has 1 aromatic carbocycles. The van der Waals surface area contributed by atoms with E-state index in [0.717, 1.165) is 19.2 Å². The fourth-order valence-corrected chi connectivity index (χ4v) is 3.47. The molecule has 0 aliphatic carbocycles. The predicted octanol–water partition coefficient (Wildman–Crippen LogP) is 3.55. The van der Waals surface area contributed by atoms with E-state index >= 15 is 0 Å². The van der Waals surface area contributed by atoms with E-state index in [-0.39, 0.29) is 17.9 Å². The lowest BCUT2D eigenvalue weighted by molar-refractivity contribution is 0.0375. The molecule has 2 heterocycles. The number of aromatic nitrogens is 2. The molecule has 2 aromatic rings. The topological polar surface area (TPSA) is 27.1 Å². The van der Waals surface area contributed by atoms with E-state index < -0.39 is 0 Å². The summed E-state index contributed by atoms with van der Waals surface area (Å²) in [6.45, 7) is 11.3. The highest BCUT2D eigenvalue weighted by Gasteiger charge is 2.50. The van der Waals surface area contributed by atoms with Gasteiger partial charge < -0.3 is 4.65 Å². The molecule has 0 bridgehead atoms. The van der Waals surface area contributed by atoms with Crippen LogP contribution in [0.1, 0.15) is 44.5 Å². The Balaban J connectivity index is 1.77. The molecule has 0 N–H and O–H groups in total. The molecular formula is C20H29BN2O. The van der Waals surface area contributed by atoms with Crippen molar-refractivity contribution in [1.29, 1.82) is 0 Å². The Bertz CT molecular complexity index is 700. The Labute approximate surface area is 146 Å². The molecule has 24 heavy (non-hydrogen) atoms. The maximum absolute atomic E-state index is 6.42. The average molecular weight is 324 g/mol. The second-order valence-electron chi connectivity index (χ2n) is 8.40. The summed E-state index contributed by atoms with van der Waals surface area (Å²) in [4.78, 5) is 0. The fourth-order valence-electron chi connectivity index (χ4n) is 3.47. The maximum atomic E-state index is 6.42. The normalized spacial score (nSPS) is 19.0. The molecule has 0 unspecified atom stereocenters. The molecule has 1 aliphatic heterocycles. The van der Waals surface area contributed by atoms with Gasteiger partial charge in [0, 0.05) is 13.2 Å². The third-order valence-corrected chi connectivity index (χ3v) is 5.82. The molecule has 0 spiro atoms. The van der Waals surface area contributed by atoms with Gasteiger partial charge in [-0.25, -0.2) is 0 Å². The average Bonchev–Trinajstić information content (AvgIpc) is 2.95. The Morgan fingerprint density at radius 3 is 2.38 bits per heavy atom. The number of hydrogen-bond donors (Lipinski definition) is 0. The van der Waals surface area contributed by atoms with Gasteiger partial charge in [0.1, 0.15) is 0 Å². The molecule has 3 nitrogen and oxygen atoms in total. The predicted molar refractivity (Wildman–Crippen MR) is 101 cm³/mol. The largest absolute Gasteiger partial charge is 0.425 e. The first-order chi connectivity index (χ1) is 11.2. The Hall–Kier alpha value is -1.55. The Kier molecular flexibility index (Phi) is 4.37. The van der Waals surface area contributed by atoms with Gasteiger partial charge in [0.25, 0.3) is 0 Å². The van der Waals surface area contributed by atoms with Crippen LogP contribution in [0.4, 0.5) is 0 Å². The Morgan fingerprint density at radius 1 is 1.12 bits per heavy atom. The van der Waals surface area contributed by atoms with Crippen LogP contribution in [-0.4, -0.2) is 22.3 Å². The summed E-state index contributed by atoms with van der Waals surface area (Å²) in [7, 11) is 2.00. The van der Waals surface area contributed by atoms with Gasteiger partial charge in [0.15, 0.2) is 0 Å². The molecule has 4 heteroatoms. The molecule has 0 atom stereocenters. The zero-order valence-electron chi connectivity index (χ0n) is 15.9. The number of benzene rings is 1. The van der Waals surface area contributed by atoms with E-state index in [1.54, 1.807) is 0 Å². The van der Waals surface area contributed by atoms with Crippen molar-refractivity contribution >= 4 is 12.4 Å². The van der Waals surface area contributed by atoms with Crippen molar-refractivity contribution in [2.24, 2.45) is 12.5 Å². The van der Waals surface area contributed by atoms with Crippen LogP contribution in [0, 0.1) is 12.3 Å². The van der Waals surface area contributed by atoms with Crippen LogP contribution >= 0.6 is 0 Å². The molecule has 1 fully saturated rings. The van der Waals surface area contributed by atoms with Crippen molar-refractivity contribution in [3.63, 3.8) is 0 Å². The summed E-state index contributed by atoms with van der Waals surface area (Å²) >= 11 is 0. The van der Waals surface area contributed by atoms with Gasteiger partial charge in [0.05, 0.1) is 11.3 Å². The third kappa shape index (κ3) is 3.30. The van der Waals surface area contributed by atoms with Crippen molar-refractivity contribution in [3.05, 3.63) is 47.3 Å². The molecule has 1 aromatic heterocycles. The van der Waals surface area contributed by atoms with Crippen molar-refractivity contribution in [2.75, 3.05) is 0 Å². The second-order valence-corrected chi connectivity index (χ2v) is 8.40. The van der Waals surface area contributed by atoms with Crippen LogP contribution in [0.3, 0.4) is 0 Å². The smallest absolute Gasteiger partial charge is 0.331 e. The van der Waals surface area contributed by atoms with Crippen molar-refractivity contribution < 1.29 is 4.65 Å². The van der Waals surface area contributed by atoms with Gasteiger partial charge >= 0.3 is 6.92 Å². The number of nitrogens with zero attached hydrogens (tertiary/aromatic N) is 2. The zero-order chi connectivity index (χ0) is 17.5. The van der Waals surface area contributed by atoms with E-state index in [1.807, 2.05) is 11.7 Å². The molecule has 3 rings (SSSR count). The van der Waals surface area contributed by atoms with E-state index in [4.69, 9.17) is 9.75 Å². The highest BCUT2D eigenvalue weighted by atomic mass is 16.5. The lowest BCUT2D eigenvalue weighted by Gasteiger charge is -2.34. The molecule has 1 saturated heterocycles. The summed E-state index contributed by atoms with van der Waals surface area (Å²) in [5, 5.41) is 4.72. The van der Waals surface area contributed by atoms with Gasteiger partial charge in [0.2, 0.25) is 0 Å². The highest BCUT2D eigenvalue weighted by molar-refractivity contribution is 6.68. The first-order valence-electron chi connectivity index (χ1n) is 8.94. The van der Waals surface area contributed by atoms with Gasteiger partial charge in [-0.3, -0.25) is 4.68 Å². The summed E-state index contributed by atoms with van der Waals surface area (Å²) in [6, 6.07) is 8.80. The van der Waals surface area contributed by atoms with Gasteiger partial charge in [-0.15, -0.1) is 0 Å². The molecule has 0 saturated carbocycles. The highest BCUT2D eigenvalue weighted by Crippen LogP contribution is 2.45. The van der Waals surface area contributed by atoms with Gasteiger partial charge in [-0.05, 0) is 56.4 Å². The van der Waals surface area contributed by atoms with E-state index in [2.05, 4.69) is 65.1 Å². The number of hydrogen-bond acceptors (Lipinski definition) is 2. The first kappa shape index (κ1) is 17.3. The lowest BCUT2D eigenvalue weighted by atomic mass is 9.54. The van der Waals surface area contributed by atoms with E-state index in [0.29, 0.717) is 0 Å². The van der Waals surface area contributed by atoms with E-state index in [9.17, 15) is 0 Å². The fraction of sp³-hybridized carbons (Fsp3) is 0.550. The zero-order valence-corrected chi connectivity index (χ0v) is 15.9. The minimum absolute atomic E-state index is 0.109. The van der Waals surface area contributed by atoms with Gasteiger partial charge in [-0.2, -0.15) is 5.10 Å². The van der Waals surface area contributed by atoms with Crippen molar-refractivity contribution in [3.8, 4) is 0 Å². The summed E-state index contributed by atoms with van der Waals surface area (Å²) in [5.74, 6) is 0. The standard InChI is InChI=1S/C20H29BN2O/c1-15-7-9-16(10-8-15)11-12-18-17(13-23(6)22-18)21-14-19(2,3)20(4,5)24-21/h7-10,13H,11-12,14H2,1-6H3. The monoisotopic (exact) mass is 324 g/mol. The third-order valence-electron chi connectivity index (χ3n) is 5.82. The minimum atomic E-state index is -0.109. The number of aryl methyl sites for hydroxylation is 4. The van der Waals surface area contributed by atoms with Crippen molar-refractivity contribution in [1.82, 2.24) is 9.78 Å². The molecule has 0 amide bonds. The van der Waals surface area contributed by atoms with Gasteiger partial charge in [-0.1, -0.05) is 43.7 Å². The summed E-state index contributed by atoms with van der Waals surface area (Å²) in [5.41, 5.74) is 5.18. The summed E-state index contributed by atoms with van der Waals surface area (Å²) < 4.78 is 8.35. The maximum Gasteiger partial charge on any atom is 0.331 e. The van der Waals surface area contributed by atoms with E-state index in [1.165, 1.54) is 22.3 Å². The first-order valence-corrected chi connectivity index (χ1v) is 8.94. The van der Waals surface area contributed by atoms with Crippen LogP contribution < -0.4 is 5.46 Å². The quantitative estimate of drug-likeness (QED) is 0.804. The molecule has 128 valence electrons. The number of rotatable bonds is 4. The molecular weight excluding hydrogens is 295 g/mol. The lowest BCUT2D eigenvalue weighted by Crippen LogP contribution is -2.36. The van der Waals surface area contributed by atoms with Crippen LogP contribution in [0.5, 0.6) is 0 Å². The Morgan fingerprint density at radius 2 is 1.79 bits per heavy atom.